The molecule has 0 aromatic heterocycles. The third-order valence-corrected chi connectivity index (χ3v) is 2.34. The fourth-order valence-corrected chi connectivity index (χ4v) is 1.40. The molecular formula is C13H20FIN4O. The van der Waals surface area contributed by atoms with E-state index < -0.39 is 11.7 Å². The number of aliphatic imine (C=N–C) groups is 1. The molecule has 0 unspecified atom stereocenters. The van der Waals surface area contributed by atoms with Crippen LogP contribution in [0.2, 0.25) is 0 Å². The molecule has 0 spiro atoms. The molecular weight excluding hydrogens is 374 g/mol. The second-order valence-corrected chi connectivity index (χ2v) is 3.93. The molecule has 5 nitrogen and oxygen atoms in total. The molecule has 4 N–H and O–H groups in total. The van der Waals surface area contributed by atoms with Crippen molar-refractivity contribution in [3.05, 3.63) is 35.6 Å². The zero-order chi connectivity index (χ0) is 14.1. The minimum absolute atomic E-state index is 0. The van der Waals surface area contributed by atoms with Gasteiger partial charge < -0.3 is 16.4 Å². The number of carbonyl (C=O) groups is 1. The number of nitrogens with two attached hydrogens (primary N) is 1. The number of halogens is 2. The molecule has 0 saturated heterocycles. The third-order valence-electron chi connectivity index (χ3n) is 2.34. The molecule has 0 heterocycles. The average Bonchev–Trinajstić information content (AvgIpc) is 2.41. The van der Waals surface area contributed by atoms with Crippen LogP contribution in [-0.2, 0) is 0 Å². The number of nitrogens with one attached hydrogen (secondary N) is 2. The molecule has 1 amide bonds. The maximum atomic E-state index is 13.3. The highest BCUT2D eigenvalue weighted by molar-refractivity contribution is 14.0. The summed E-state index contributed by atoms with van der Waals surface area (Å²) < 4.78 is 13.3. The van der Waals surface area contributed by atoms with Crippen LogP contribution in [-0.4, -0.2) is 31.5 Å². The van der Waals surface area contributed by atoms with Crippen LogP contribution in [0, 0.1) is 5.82 Å². The van der Waals surface area contributed by atoms with Crippen LogP contribution in [0.4, 0.5) is 4.39 Å². The molecule has 112 valence electrons. The summed E-state index contributed by atoms with van der Waals surface area (Å²) in [6.45, 7) is 3.46. The molecule has 7 heteroatoms. The predicted octanol–water partition coefficient (Wildman–Crippen LogP) is 1.49. The van der Waals surface area contributed by atoms with Crippen molar-refractivity contribution in [3.63, 3.8) is 0 Å². The van der Waals surface area contributed by atoms with Crippen molar-refractivity contribution in [1.82, 2.24) is 10.6 Å². The first-order valence-electron chi connectivity index (χ1n) is 6.21. The molecule has 0 aliphatic carbocycles. The Morgan fingerprint density at radius 3 is 2.60 bits per heavy atom. The summed E-state index contributed by atoms with van der Waals surface area (Å²) in [5.74, 6) is -0.622. The van der Waals surface area contributed by atoms with E-state index in [1.54, 1.807) is 12.1 Å². The van der Waals surface area contributed by atoms with Gasteiger partial charge in [-0.25, -0.2) is 4.39 Å². The van der Waals surface area contributed by atoms with E-state index in [1.807, 2.05) is 6.92 Å². The van der Waals surface area contributed by atoms with Crippen LogP contribution in [0.15, 0.2) is 29.3 Å². The van der Waals surface area contributed by atoms with Gasteiger partial charge in [0, 0.05) is 19.6 Å². The Hall–Kier alpha value is -1.38. The number of hydrogen-bond acceptors (Lipinski definition) is 2. The Bertz CT molecular complexity index is 454. The first-order chi connectivity index (χ1) is 9.15. The van der Waals surface area contributed by atoms with Crippen LogP contribution >= 0.6 is 24.0 Å². The Labute approximate surface area is 135 Å². The van der Waals surface area contributed by atoms with Gasteiger partial charge in [0.2, 0.25) is 0 Å². The average molecular weight is 394 g/mol. The summed E-state index contributed by atoms with van der Waals surface area (Å²) in [5, 5.41) is 5.46. The predicted molar refractivity (Wildman–Crippen MR) is 88.9 cm³/mol. The van der Waals surface area contributed by atoms with Gasteiger partial charge in [0.25, 0.3) is 5.91 Å². The van der Waals surface area contributed by atoms with Crippen molar-refractivity contribution in [3.8, 4) is 0 Å². The molecule has 0 atom stereocenters. The minimum Gasteiger partial charge on any atom is -0.370 e. The van der Waals surface area contributed by atoms with Crippen molar-refractivity contribution < 1.29 is 9.18 Å². The van der Waals surface area contributed by atoms with Gasteiger partial charge in [-0.3, -0.25) is 9.79 Å². The molecule has 0 radical (unpaired) electrons. The van der Waals surface area contributed by atoms with Gasteiger partial charge in [-0.2, -0.15) is 0 Å². The Morgan fingerprint density at radius 2 is 1.95 bits per heavy atom. The van der Waals surface area contributed by atoms with E-state index in [4.69, 9.17) is 5.73 Å². The Morgan fingerprint density at radius 1 is 1.30 bits per heavy atom. The fraction of sp³-hybridized carbons (Fsp3) is 0.385. The molecule has 1 aromatic rings. The summed E-state index contributed by atoms with van der Waals surface area (Å²) in [7, 11) is 0. The summed E-state index contributed by atoms with van der Waals surface area (Å²) in [6, 6.07) is 5.85. The highest BCUT2D eigenvalue weighted by Crippen LogP contribution is 2.05. The summed E-state index contributed by atoms with van der Waals surface area (Å²) in [5.41, 5.74) is 5.62. The molecule has 0 bridgehead atoms. The van der Waals surface area contributed by atoms with E-state index >= 15 is 0 Å². The third kappa shape index (κ3) is 6.69. The topological polar surface area (TPSA) is 79.5 Å². The first-order valence-corrected chi connectivity index (χ1v) is 6.21. The van der Waals surface area contributed by atoms with Crippen LogP contribution in [0.1, 0.15) is 23.7 Å². The van der Waals surface area contributed by atoms with Gasteiger partial charge >= 0.3 is 0 Å². The second-order valence-electron chi connectivity index (χ2n) is 3.93. The van der Waals surface area contributed by atoms with Gasteiger partial charge in [0.05, 0.1) is 5.56 Å². The van der Waals surface area contributed by atoms with Crippen molar-refractivity contribution >= 4 is 35.8 Å². The molecule has 0 fully saturated rings. The molecule has 0 aliphatic rings. The largest absolute Gasteiger partial charge is 0.370 e. The van der Waals surface area contributed by atoms with Crippen LogP contribution < -0.4 is 16.4 Å². The van der Waals surface area contributed by atoms with E-state index in [9.17, 15) is 9.18 Å². The van der Waals surface area contributed by atoms with Crippen molar-refractivity contribution in [1.29, 1.82) is 0 Å². The SMILES string of the molecule is CCCN=C(N)NCCNC(=O)c1ccccc1F.I. The van der Waals surface area contributed by atoms with Gasteiger partial charge in [-0.05, 0) is 18.6 Å². The maximum absolute atomic E-state index is 13.3. The molecule has 1 aromatic carbocycles. The molecule has 1 rings (SSSR count). The summed E-state index contributed by atoms with van der Waals surface area (Å²) >= 11 is 0. The van der Waals surface area contributed by atoms with E-state index in [0.717, 1.165) is 6.42 Å². The monoisotopic (exact) mass is 394 g/mol. The highest BCUT2D eigenvalue weighted by Gasteiger charge is 2.09. The maximum Gasteiger partial charge on any atom is 0.254 e. The fourth-order valence-electron chi connectivity index (χ4n) is 1.40. The van der Waals surface area contributed by atoms with E-state index in [0.29, 0.717) is 25.6 Å². The lowest BCUT2D eigenvalue weighted by Gasteiger charge is -2.07. The minimum atomic E-state index is -0.531. The zero-order valence-corrected chi connectivity index (χ0v) is 13.7. The number of guanidine groups is 1. The molecule has 0 saturated carbocycles. The number of hydrogen-bond donors (Lipinski definition) is 3. The smallest absolute Gasteiger partial charge is 0.254 e. The highest BCUT2D eigenvalue weighted by atomic mass is 127. The number of nitrogens with zero attached hydrogens (tertiary/aromatic N) is 1. The summed E-state index contributed by atoms with van der Waals surface area (Å²) in [6.07, 6.45) is 0.923. The van der Waals surface area contributed by atoms with E-state index in [2.05, 4.69) is 15.6 Å². The number of amides is 1. The van der Waals surface area contributed by atoms with Gasteiger partial charge in [0.1, 0.15) is 5.82 Å². The number of carbonyl (C=O) groups excluding carboxylic acids is 1. The lowest BCUT2D eigenvalue weighted by Crippen LogP contribution is -2.38. The quantitative estimate of drug-likeness (QED) is 0.296. The number of rotatable bonds is 6. The first kappa shape index (κ1) is 18.6. The van der Waals surface area contributed by atoms with E-state index in [1.165, 1.54) is 12.1 Å². The summed E-state index contributed by atoms with van der Waals surface area (Å²) in [4.78, 5) is 15.7. The van der Waals surface area contributed by atoms with Crippen molar-refractivity contribution in [2.45, 2.75) is 13.3 Å². The van der Waals surface area contributed by atoms with Gasteiger partial charge in [-0.15, -0.1) is 24.0 Å². The van der Waals surface area contributed by atoms with Gasteiger partial charge in [0.15, 0.2) is 5.96 Å². The Balaban J connectivity index is 0.00000361. The van der Waals surface area contributed by atoms with Crippen LogP contribution in [0.5, 0.6) is 0 Å². The van der Waals surface area contributed by atoms with Gasteiger partial charge in [-0.1, -0.05) is 19.1 Å². The molecule has 20 heavy (non-hydrogen) atoms. The number of benzene rings is 1. The standard InChI is InChI=1S/C13H19FN4O.HI/c1-2-7-17-13(15)18-9-8-16-12(19)10-5-3-4-6-11(10)14;/h3-6H,2,7-9H2,1H3,(H,16,19)(H3,15,17,18);1H. The zero-order valence-electron chi connectivity index (χ0n) is 11.4. The van der Waals surface area contributed by atoms with Crippen LogP contribution in [0.25, 0.3) is 0 Å². The molecule has 0 aliphatic heterocycles. The van der Waals surface area contributed by atoms with Crippen LogP contribution in [0.3, 0.4) is 0 Å². The Kier molecular flexibility index (Phi) is 9.69. The van der Waals surface area contributed by atoms with E-state index in [-0.39, 0.29) is 29.5 Å². The van der Waals surface area contributed by atoms with Crippen molar-refractivity contribution in [2.75, 3.05) is 19.6 Å². The van der Waals surface area contributed by atoms with Crippen molar-refractivity contribution in [2.24, 2.45) is 10.7 Å². The lowest BCUT2D eigenvalue weighted by molar-refractivity contribution is 0.0950. The normalized spacial score (nSPS) is 10.6. The lowest BCUT2D eigenvalue weighted by atomic mass is 10.2. The second kappa shape index (κ2) is 10.4.